The molecule has 1 spiro atoms. The van der Waals surface area contributed by atoms with Crippen molar-refractivity contribution in [2.24, 2.45) is 41.2 Å². The summed E-state index contributed by atoms with van der Waals surface area (Å²) in [6.45, 7) is 0.675. The lowest BCUT2D eigenvalue weighted by molar-refractivity contribution is -0.145. The fraction of sp³-hybridized carbons (Fsp3) is 0.490. The van der Waals surface area contributed by atoms with Crippen LogP contribution in [0.5, 0.6) is 5.75 Å². The number of hydrogen-bond acceptors (Lipinski definition) is 4. The number of phenolic OH excluding ortho intramolecular Hbond substituents is 1. The first-order valence-electron chi connectivity index (χ1n) is 21.7. The zero-order valence-corrected chi connectivity index (χ0v) is 33.1. The van der Waals surface area contributed by atoms with E-state index in [0.717, 1.165) is 96.3 Å². The van der Waals surface area contributed by atoms with Gasteiger partial charge in [0.1, 0.15) is 12.0 Å². The van der Waals surface area contributed by atoms with Crippen molar-refractivity contribution in [3.63, 3.8) is 0 Å². The molecule has 0 aliphatic heterocycles. The molecule has 9 rings (SSSR count). The highest BCUT2D eigenvalue weighted by molar-refractivity contribution is 5.73. The molecule has 0 heterocycles. The minimum atomic E-state index is -0.675. The Balaban J connectivity index is 1.09. The number of nitrogens with two attached hydrogens (primary N) is 1. The van der Waals surface area contributed by atoms with Gasteiger partial charge in [-0.15, -0.1) is 0 Å². The van der Waals surface area contributed by atoms with E-state index in [9.17, 15) is 19.8 Å². The van der Waals surface area contributed by atoms with Gasteiger partial charge in [-0.25, -0.2) is 0 Å². The first kappa shape index (κ1) is 38.6. The average Bonchev–Trinajstić information content (AvgIpc) is 3.67. The van der Waals surface area contributed by atoms with E-state index in [4.69, 9.17) is 5.73 Å². The SMILES string of the molecule is NCCC1=C[C@@H]([C@@H](C=O)CCCCC[C@@H]2C/C3=C\C[C@@H](C(=O)O)[C@@]4(CC[C@@H]5C=c6ccccc6=C[C@@H]5C4)c4cccc(c4)C[C@]2(c2ccc(O)cc2)CC3)CC1. The second kappa shape index (κ2) is 16.7. The average molecular weight is 752 g/mol. The van der Waals surface area contributed by atoms with Crippen molar-refractivity contribution in [1.82, 2.24) is 0 Å². The highest BCUT2D eigenvalue weighted by Gasteiger charge is 2.50. The molecule has 0 amide bonds. The van der Waals surface area contributed by atoms with Crippen molar-refractivity contribution in [1.29, 1.82) is 0 Å². The first-order chi connectivity index (χ1) is 27.3. The molecule has 4 N–H and O–H groups in total. The highest BCUT2D eigenvalue weighted by Crippen LogP contribution is 2.55. The molecule has 4 bridgehead atoms. The number of allylic oxidation sites excluding steroid dienone is 3. The van der Waals surface area contributed by atoms with Crippen molar-refractivity contribution in [2.45, 2.75) is 114 Å². The second-order valence-electron chi connectivity index (χ2n) is 18.2. The molecule has 6 aliphatic carbocycles. The molecule has 3 aromatic carbocycles. The summed E-state index contributed by atoms with van der Waals surface area (Å²) in [5.41, 5.74) is 11.9. The Hall–Kier alpha value is -4.22. The lowest BCUT2D eigenvalue weighted by Gasteiger charge is -2.49. The summed E-state index contributed by atoms with van der Waals surface area (Å²) in [7, 11) is 0. The van der Waals surface area contributed by atoms with Crippen LogP contribution < -0.4 is 16.2 Å². The van der Waals surface area contributed by atoms with Crippen LogP contribution in [-0.2, 0) is 26.8 Å². The van der Waals surface area contributed by atoms with E-state index in [1.54, 1.807) is 0 Å². The van der Waals surface area contributed by atoms with E-state index >= 15 is 0 Å². The maximum Gasteiger partial charge on any atom is 0.307 e. The molecular formula is C51H61NO4. The van der Waals surface area contributed by atoms with Crippen LogP contribution in [0.15, 0.2) is 96.1 Å². The van der Waals surface area contributed by atoms with Gasteiger partial charge < -0.3 is 20.7 Å². The Labute approximate surface area is 333 Å². The van der Waals surface area contributed by atoms with Crippen molar-refractivity contribution < 1.29 is 19.8 Å². The molecule has 56 heavy (non-hydrogen) atoms. The Morgan fingerprint density at radius 1 is 0.857 bits per heavy atom. The predicted octanol–water partition coefficient (Wildman–Crippen LogP) is 9.08. The number of carboxylic acids is 1. The predicted molar refractivity (Wildman–Crippen MR) is 225 cm³/mol. The monoisotopic (exact) mass is 751 g/mol. The lowest BCUT2D eigenvalue weighted by Crippen LogP contribution is -2.47. The maximum absolute atomic E-state index is 13.5. The van der Waals surface area contributed by atoms with E-state index in [2.05, 4.69) is 85.0 Å². The van der Waals surface area contributed by atoms with Gasteiger partial charge in [0.2, 0.25) is 0 Å². The molecule has 294 valence electrons. The minimum absolute atomic E-state index is 0.0915. The maximum atomic E-state index is 13.5. The van der Waals surface area contributed by atoms with Gasteiger partial charge in [0.15, 0.2) is 0 Å². The molecule has 2 fully saturated rings. The van der Waals surface area contributed by atoms with Gasteiger partial charge in [-0.2, -0.15) is 0 Å². The molecule has 3 aromatic rings. The van der Waals surface area contributed by atoms with Gasteiger partial charge in [-0.1, -0.05) is 115 Å². The largest absolute Gasteiger partial charge is 0.508 e. The molecule has 5 heteroatoms. The number of carboxylic acid groups (broad SMARTS) is 1. The number of carbonyl (C=O) groups is 2. The van der Waals surface area contributed by atoms with Crippen LogP contribution in [0.25, 0.3) is 12.2 Å². The van der Waals surface area contributed by atoms with Gasteiger partial charge in [0.25, 0.3) is 0 Å². The third kappa shape index (κ3) is 7.73. The summed E-state index contributed by atoms with van der Waals surface area (Å²) >= 11 is 0. The molecular weight excluding hydrogens is 691 g/mol. The summed E-state index contributed by atoms with van der Waals surface area (Å²) < 4.78 is 0. The molecule has 2 saturated carbocycles. The minimum Gasteiger partial charge on any atom is -0.508 e. The van der Waals surface area contributed by atoms with Gasteiger partial charge in [0.05, 0.1) is 5.92 Å². The Morgan fingerprint density at radius 2 is 1.66 bits per heavy atom. The number of benzene rings is 3. The van der Waals surface area contributed by atoms with Crippen LogP contribution in [-0.4, -0.2) is 29.0 Å². The fourth-order valence-corrected chi connectivity index (χ4v) is 12.1. The summed E-state index contributed by atoms with van der Waals surface area (Å²) in [6, 6.07) is 25.8. The Bertz CT molecular complexity index is 2080. The summed E-state index contributed by atoms with van der Waals surface area (Å²) in [6.07, 6.45) is 26.2. The van der Waals surface area contributed by atoms with E-state index in [-0.39, 0.29) is 11.3 Å². The lowest BCUT2D eigenvalue weighted by atomic mass is 9.54. The quantitative estimate of drug-likeness (QED) is 0.0975. The molecule has 0 aromatic heterocycles. The van der Waals surface area contributed by atoms with E-state index in [1.807, 2.05) is 12.1 Å². The van der Waals surface area contributed by atoms with E-state index in [1.165, 1.54) is 44.6 Å². The van der Waals surface area contributed by atoms with Gasteiger partial charge >= 0.3 is 5.97 Å². The van der Waals surface area contributed by atoms with Crippen LogP contribution >= 0.6 is 0 Å². The number of unbranched alkanes of at least 4 members (excludes halogenated alkanes) is 2. The zero-order valence-electron chi connectivity index (χ0n) is 33.1. The van der Waals surface area contributed by atoms with Crippen LogP contribution in [0.1, 0.15) is 113 Å². The number of phenols is 1. The third-order valence-corrected chi connectivity index (χ3v) is 15.1. The Kier molecular flexibility index (Phi) is 11.5. The van der Waals surface area contributed by atoms with Crippen molar-refractivity contribution >= 4 is 24.4 Å². The smallest absolute Gasteiger partial charge is 0.307 e. The summed E-state index contributed by atoms with van der Waals surface area (Å²) in [4.78, 5) is 25.7. The summed E-state index contributed by atoms with van der Waals surface area (Å²) in [5, 5.41) is 24.1. The van der Waals surface area contributed by atoms with E-state index < -0.39 is 17.3 Å². The van der Waals surface area contributed by atoms with Crippen LogP contribution in [0.3, 0.4) is 0 Å². The molecule has 0 unspecified atom stereocenters. The van der Waals surface area contributed by atoms with Crippen molar-refractivity contribution in [3.8, 4) is 5.75 Å². The number of hydrogen-bond donors (Lipinski definition) is 3. The molecule has 5 nitrogen and oxygen atoms in total. The number of carbonyl (C=O) groups excluding carboxylic acids is 1. The molecule has 6 aliphatic rings. The third-order valence-electron chi connectivity index (χ3n) is 15.1. The first-order valence-corrected chi connectivity index (χ1v) is 21.7. The fourth-order valence-electron chi connectivity index (χ4n) is 12.1. The number of aliphatic carboxylic acids is 1. The number of aromatic hydroxyl groups is 1. The highest BCUT2D eigenvalue weighted by atomic mass is 16.4. The van der Waals surface area contributed by atoms with Gasteiger partial charge in [-0.05, 0) is 153 Å². The normalized spacial score (nSPS) is 30.9. The number of aldehydes is 1. The van der Waals surface area contributed by atoms with Crippen molar-refractivity contribution in [2.75, 3.05) is 6.54 Å². The molecule has 0 radical (unpaired) electrons. The standard InChI is InChI=1S/C51H61NO4/c52-26-23-36-13-15-40(27-36)42(34-53)10-2-1-3-11-45-28-35-14-20-48(49(55)56)51(25-22-41-30-38-8-4-5-9-39(38)31-43(41)33-51)46-12-6-7-37(29-46)32-50(45,24-21-35)44-16-18-47(54)19-17-44/h4-9,12,14,16-19,27,29-31,34,40-43,45,48,54H,1-3,10-11,13,15,20-26,28,32-33,52H2,(H,55,56)/b35-14-/t40-,41+,42+,43+,45+,48-,50-,51+/m0/s1. The molecule has 8 atom stereocenters. The number of rotatable bonds is 12. The van der Waals surface area contributed by atoms with E-state index in [0.29, 0.717) is 42.4 Å². The van der Waals surface area contributed by atoms with Crippen LogP contribution in [0.2, 0.25) is 0 Å². The van der Waals surface area contributed by atoms with Gasteiger partial charge in [-0.3, -0.25) is 4.79 Å². The van der Waals surface area contributed by atoms with Crippen LogP contribution in [0, 0.1) is 35.5 Å². The zero-order chi connectivity index (χ0) is 38.7. The topological polar surface area (TPSA) is 101 Å². The molecule has 0 saturated heterocycles. The number of fused-ring (bicyclic) bond motifs is 6. The Morgan fingerprint density at radius 3 is 2.43 bits per heavy atom. The van der Waals surface area contributed by atoms with Crippen LogP contribution in [0.4, 0.5) is 0 Å². The van der Waals surface area contributed by atoms with Gasteiger partial charge in [0, 0.05) is 16.7 Å². The van der Waals surface area contributed by atoms with Crippen molar-refractivity contribution in [3.05, 3.63) is 123 Å². The summed E-state index contributed by atoms with van der Waals surface area (Å²) in [5.74, 6) is 0.691. The second-order valence-corrected chi connectivity index (χ2v) is 18.2.